The van der Waals surface area contributed by atoms with Crippen molar-refractivity contribution in [3.63, 3.8) is 0 Å². The van der Waals surface area contributed by atoms with Gasteiger partial charge in [0.05, 0.1) is 4.91 Å². The second-order valence-electron chi connectivity index (χ2n) is 4.99. The van der Waals surface area contributed by atoms with E-state index in [9.17, 15) is 14.7 Å². The average molecular weight is 401 g/mol. The molecular formula is C14H13BrN2O3S2. The molecule has 1 atom stereocenters. The van der Waals surface area contributed by atoms with Crippen LogP contribution in [0.4, 0.5) is 0 Å². The molecule has 0 aliphatic carbocycles. The molecule has 1 aromatic heterocycles. The van der Waals surface area contributed by atoms with Crippen molar-refractivity contribution in [1.82, 2.24) is 9.88 Å². The molecule has 0 radical (unpaired) electrons. The molecule has 1 saturated heterocycles. The number of nitrogens with zero attached hydrogens (tertiary/aromatic N) is 2. The van der Waals surface area contributed by atoms with Gasteiger partial charge >= 0.3 is 5.97 Å². The molecule has 5 nitrogen and oxygen atoms in total. The monoisotopic (exact) mass is 400 g/mol. The van der Waals surface area contributed by atoms with E-state index in [-0.39, 0.29) is 16.1 Å². The first-order chi connectivity index (χ1) is 10.3. The maximum absolute atomic E-state index is 12.5. The van der Waals surface area contributed by atoms with Gasteiger partial charge in [-0.3, -0.25) is 9.69 Å². The van der Waals surface area contributed by atoms with Crippen molar-refractivity contribution in [2.45, 2.75) is 19.9 Å². The number of thiocarbonyl (C=S) groups is 1. The number of rotatable bonds is 4. The largest absolute Gasteiger partial charge is 0.480 e. The van der Waals surface area contributed by atoms with E-state index in [1.807, 2.05) is 0 Å². The normalized spacial score (nSPS) is 18.4. The molecule has 1 N–H and O–H groups in total. The Labute approximate surface area is 145 Å². The van der Waals surface area contributed by atoms with Crippen LogP contribution in [0.3, 0.4) is 0 Å². The smallest absolute Gasteiger partial charge is 0.327 e. The number of amides is 1. The predicted octanol–water partition coefficient (Wildman–Crippen LogP) is 3.15. The van der Waals surface area contributed by atoms with Gasteiger partial charge in [0.15, 0.2) is 0 Å². The van der Waals surface area contributed by atoms with Crippen molar-refractivity contribution in [2.75, 3.05) is 0 Å². The lowest BCUT2D eigenvalue weighted by atomic mass is 10.0. The molecule has 0 bridgehead atoms. The second-order valence-corrected chi connectivity index (χ2v) is 7.48. The predicted molar refractivity (Wildman–Crippen MR) is 93.2 cm³/mol. The number of carbonyl (C=O) groups excluding carboxylic acids is 1. The summed E-state index contributed by atoms with van der Waals surface area (Å²) in [6.45, 7) is 3.50. The van der Waals surface area contributed by atoms with E-state index >= 15 is 0 Å². The van der Waals surface area contributed by atoms with Gasteiger partial charge in [-0.05, 0) is 39.6 Å². The van der Waals surface area contributed by atoms with Gasteiger partial charge in [-0.15, -0.1) is 0 Å². The number of aromatic nitrogens is 1. The van der Waals surface area contributed by atoms with E-state index in [0.29, 0.717) is 9.51 Å². The minimum atomic E-state index is -1.06. The highest BCUT2D eigenvalue weighted by atomic mass is 79.9. The van der Waals surface area contributed by atoms with E-state index in [4.69, 9.17) is 12.2 Å². The van der Waals surface area contributed by atoms with Crippen molar-refractivity contribution in [3.8, 4) is 0 Å². The van der Waals surface area contributed by atoms with E-state index in [1.165, 1.54) is 4.90 Å². The molecule has 1 aliphatic rings. The summed E-state index contributed by atoms with van der Waals surface area (Å²) < 4.78 is 0.963. The van der Waals surface area contributed by atoms with Crippen LogP contribution < -0.4 is 0 Å². The van der Waals surface area contributed by atoms with Gasteiger partial charge in [0.2, 0.25) is 0 Å². The Hall–Kier alpha value is -1.25. The Balaban J connectivity index is 2.32. The zero-order valence-electron chi connectivity index (χ0n) is 11.8. The quantitative estimate of drug-likeness (QED) is 0.475. The highest BCUT2D eigenvalue weighted by Crippen LogP contribution is 2.35. The molecule has 8 heteroatoms. The molecule has 1 unspecified atom stereocenters. The zero-order chi connectivity index (χ0) is 16.4. The van der Waals surface area contributed by atoms with Crippen molar-refractivity contribution in [3.05, 3.63) is 33.4 Å². The third-order valence-corrected chi connectivity index (χ3v) is 4.83. The number of halogens is 1. The minimum Gasteiger partial charge on any atom is -0.480 e. The second kappa shape index (κ2) is 6.89. The number of hydrogen-bond donors (Lipinski definition) is 1. The molecule has 2 heterocycles. The molecule has 1 aromatic rings. The first-order valence-corrected chi connectivity index (χ1v) is 8.44. The maximum atomic E-state index is 12.5. The number of thioether (sulfide) groups is 1. The summed E-state index contributed by atoms with van der Waals surface area (Å²) >= 11 is 9.54. The molecule has 2 rings (SSSR count). The van der Waals surface area contributed by atoms with E-state index in [2.05, 4.69) is 20.9 Å². The first kappa shape index (κ1) is 17.1. The van der Waals surface area contributed by atoms with Crippen LogP contribution in [0.1, 0.15) is 19.4 Å². The number of carbonyl (C=O) groups is 2. The lowest BCUT2D eigenvalue weighted by molar-refractivity contribution is -0.146. The Morgan fingerprint density at radius 2 is 2.18 bits per heavy atom. The summed E-state index contributed by atoms with van der Waals surface area (Å²) in [4.78, 5) is 29.6. The lowest BCUT2D eigenvalue weighted by Crippen LogP contribution is -2.47. The van der Waals surface area contributed by atoms with Crippen molar-refractivity contribution in [1.29, 1.82) is 0 Å². The Morgan fingerprint density at radius 1 is 1.50 bits per heavy atom. The Bertz CT molecular complexity index is 659. The van der Waals surface area contributed by atoms with Gasteiger partial charge in [-0.2, -0.15) is 0 Å². The van der Waals surface area contributed by atoms with Gasteiger partial charge in [-0.25, -0.2) is 9.78 Å². The van der Waals surface area contributed by atoms with Crippen LogP contribution in [0.25, 0.3) is 6.08 Å². The average Bonchev–Trinajstić information content (AvgIpc) is 2.69. The fraction of sp³-hybridized carbons (Fsp3) is 0.286. The summed E-state index contributed by atoms with van der Waals surface area (Å²) in [7, 11) is 0. The van der Waals surface area contributed by atoms with Crippen LogP contribution in [-0.2, 0) is 9.59 Å². The van der Waals surface area contributed by atoms with Crippen molar-refractivity contribution < 1.29 is 14.7 Å². The third-order valence-electron chi connectivity index (χ3n) is 3.03. The number of hydrogen-bond acceptors (Lipinski definition) is 5. The Morgan fingerprint density at radius 3 is 2.68 bits per heavy atom. The lowest BCUT2D eigenvalue weighted by Gasteiger charge is -2.26. The molecule has 0 aromatic carbocycles. The van der Waals surface area contributed by atoms with Crippen LogP contribution in [0, 0.1) is 5.92 Å². The molecule has 116 valence electrons. The molecule has 1 amide bonds. The number of carboxylic acid groups (broad SMARTS) is 1. The van der Waals surface area contributed by atoms with Crippen LogP contribution >= 0.6 is 39.9 Å². The summed E-state index contributed by atoms with van der Waals surface area (Å²) in [6, 6.07) is 2.61. The summed E-state index contributed by atoms with van der Waals surface area (Å²) in [5, 5.41) is 9.35. The number of aliphatic carboxylic acids is 1. The fourth-order valence-electron chi connectivity index (χ4n) is 2.04. The zero-order valence-corrected chi connectivity index (χ0v) is 15.0. The number of pyridine rings is 1. The Kier molecular flexibility index (Phi) is 5.36. The molecule has 1 aliphatic heterocycles. The van der Waals surface area contributed by atoms with Gasteiger partial charge < -0.3 is 5.11 Å². The summed E-state index contributed by atoms with van der Waals surface area (Å²) in [5.41, 5.74) is 0.750. The topological polar surface area (TPSA) is 70.5 Å². The van der Waals surface area contributed by atoms with Crippen molar-refractivity contribution >= 4 is 62.2 Å². The van der Waals surface area contributed by atoms with Crippen LogP contribution in [0.15, 0.2) is 27.8 Å². The van der Waals surface area contributed by atoms with Gasteiger partial charge in [0.1, 0.15) is 15.0 Å². The molecule has 1 fully saturated rings. The van der Waals surface area contributed by atoms with Crippen LogP contribution in [-0.4, -0.2) is 37.2 Å². The standard InChI is InChI=1S/C14H13BrN2O3S2/c1-7(2)11(13(19)20)17-12(18)9(22-14(17)21)5-8-3-4-10(15)16-6-8/h3-7,11H,1-2H3,(H,19,20)/b9-5+. The summed E-state index contributed by atoms with van der Waals surface area (Å²) in [5.74, 6) is -1.68. The molecule has 22 heavy (non-hydrogen) atoms. The SMILES string of the molecule is CC(C)C(C(=O)O)N1C(=O)/C(=C\c2ccc(Br)nc2)SC1=S. The van der Waals surface area contributed by atoms with Gasteiger partial charge in [-0.1, -0.05) is 43.9 Å². The highest BCUT2D eigenvalue weighted by Gasteiger charge is 2.41. The van der Waals surface area contributed by atoms with E-state index in [1.54, 1.807) is 38.3 Å². The number of carboxylic acids is 1. The van der Waals surface area contributed by atoms with E-state index < -0.39 is 12.0 Å². The van der Waals surface area contributed by atoms with E-state index in [0.717, 1.165) is 17.3 Å². The van der Waals surface area contributed by atoms with Crippen molar-refractivity contribution in [2.24, 2.45) is 5.92 Å². The molecule has 0 spiro atoms. The minimum absolute atomic E-state index is 0.242. The first-order valence-electron chi connectivity index (χ1n) is 6.42. The maximum Gasteiger partial charge on any atom is 0.327 e. The fourth-order valence-corrected chi connectivity index (χ4v) is 3.60. The highest BCUT2D eigenvalue weighted by molar-refractivity contribution is 9.10. The molecule has 0 saturated carbocycles. The molecular weight excluding hydrogens is 388 g/mol. The van der Waals surface area contributed by atoms with Gasteiger partial charge in [0, 0.05) is 6.20 Å². The van der Waals surface area contributed by atoms with Crippen LogP contribution in [0.5, 0.6) is 0 Å². The third kappa shape index (κ3) is 3.56. The van der Waals surface area contributed by atoms with Gasteiger partial charge in [0.25, 0.3) is 5.91 Å². The summed E-state index contributed by atoms with van der Waals surface area (Å²) in [6.07, 6.45) is 3.28. The van der Waals surface area contributed by atoms with Crippen LogP contribution in [0.2, 0.25) is 0 Å².